The predicted octanol–water partition coefficient (Wildman–Crippen LogP) is 1.19. The molecule has 1 atom stereocenters. The summed E-state index contributed by atoms with van der Waals surface area (Å²) in [5, 5.41) is 0. The maximum absolute atomic E-state index is 5.40. The van der Waals surface area contributed by atoms with Crippen LogP contribution in [0.2, 0.25) is 0 Å². The predicted molar refractivity (Wildman–Crippen MR) is 62.1 cm³/mol. The summed E-state index contributed by atoms with van der Waals surface area (Å²) in [6.45, 7) is 13.5. The Labute approximate surface area is 93.4 Å². The molecule has 0 aromatic heterocycles. The van der Waals surface area contributed by atoms with Crippen LogP contribution in [-0.2, 0) is 4.74 Å². The van der Waals surface area contributed by atoms with E-state index in [0.29, 0.717) is 5.54 Å². The Morgan fingerprint density at radius 3 is 2.27 bits per heavy atom. The molecule has 3 nitrogen and oxygen atoms in total. The van der Waals surface area contributed by atoms with E-state index in [1.54, 1.807) is 0 Å². The van der Waals surface area contributed by atoms with Crippen LogP contribution in [0, 0.1) is 0 Å². The van der Waals surface area contributed by atoms with Gasteiger partial charge in [-0.2, -0.15) is 0 Å². The first kappa shape index (κ1) is 11.4. The molecule has 2 aliphatic heterocycles. The SMILES string of the molecule is CC(C)(C)N1CC[C@H](N2CCOCC2)C1. The van der Waals surface area contributed by atoms with Crippen molar-refractivity contribution in [3.05, 3.63) is 0 Å². The van der Waals surface area contributed by atoms with Crippen LogP contribution in [-0.4, -0.2) is 60.8 Å². The van der Waals surface area contributed by atoms with E-state index in [-0.39, 0.29) is 0 Å². The summed E-state index contributed by atoms with van der Waals surface area (Å²) in [5.74, 6) is 0. The zero-order chi connectivity index (χ0) is 10.9. The van der Waals surface area contributed by atoms with Gasteiger partial charge >= 0.3 is 0 Å². The van der Waals surface area contributed by atoms with E-state index in [1.165, 1.54) is 19.5 Å². The Hall–Kier alpha value is -0.120. The number of hydrogen-bond donors (Lipinski definition) is 0. The number of ether oxygens (including phenoxy) is 1. The van der Waals surface area contributed by atoms with Crippen molar-refractivity contribution in [1.29, 1.82) is 0 Å². The molecule has 0 radical (unpaired) electrons. The third-order valence-corrected chi connectivity index (χ3v) is 3.67. The van der Waals surface area contributed by atoms with Crippen LogP contribution in [0.15, 0.2) is 0 Å². The molecule has 0 spiro atoms. The Kier molecular flexibility index (Phi) is 3.33. The summed E-state index contributed by atoms with van der Waals surface area (Å²) in [4.78, 5) is 5.21. The minimum atomic E-state index is 0.334. The van der Waals surface area contributed by atoms with E-state index in [4.69, 9.17) is 4.74 Å². The molecule has 2 heterocycles. The van der Waals surface area contributed by atoms with E-state index >= 15 is 0 Å². The van der Waals surface area contributed by atoms with Crippen LogP contribution in [0.4, 0.5) is 0 Å². The molecule has 2 rings (SSSR count). The summed E-state index contributed by atoms with van der Waals surface area (Å²) in [7, 11) is 0. The molecule has 0 saturated carbocycles. The van der Waals surface area contributed by atoms with Gasteiger partial charge in [0.15, 0.2) is 0 Å². The van der Waals surface area contributed by atoms with E-state index < -0.39 is 0 Å². The van der Waals surface area contributed by atoms with Crippen molar-refractivity contribution in [3.8, 4) is 0 Å². The summed E-state index contributed by atoms with van der Waals surface area (Å²) >= 11 is 0. The van der Waals surface area contributed by atoms with Crippen molar-refractivity contribution in [2.75, 3.05) is 39.4 Å². The fraction of sp³-hybridized carbons (Fsp3) is 1.00. The molecule has 0 bridgehead atoms. The second-order valence-corrected chi connectivity index (χ2v) is 5.71. The highest BCUT2D eigenvalue weighted by Gasteiger charge is 2.33. The van der Waals surface area contributed by atoms with Crippen LogP contribution >= 0.6 is 0 Å². The van der Waals surface area contributed by atoms with Crippen molar-refractivity contribution >= 4 is 0 Å². The average Bonchev–Trinajstić information content (AvgIpc) is 2.67. The number of morpholine rings is 1. The van der Waals surface area contributed by atoms with Gasteiger partial charge in [-0.25, -0.2) is 0 Å². The fourth-order valence-corrected chi connectivity index (χ4v) is 2.59. The van der Waals surface area contributed by atoms with Crippen molar-refractivity contribution in [2.45, 2.75) is 38.8 Å². The topological polar surface area (TPSA) is 15.7 Å². The van der Waals surface area contributed by atoms with Gasteiger partial charge < -0.3 is 4.74 Å². The van der Waals surface area contributed by atoms with Gasteiger partial charge in [0.2, 0.25) is 0 Å². The summed E-state index contributed by atoms with van der Waals surface area (Å²) in [6.07, 6.45) is 1.33. The molecule has 0 aromatic carbocycles. The first-order valence-electron chi connectivity index (χ1n) is 6.14. The van der Waals surface area contributed by atoms with E-state index in [0.717, 1.165) is 32.3 Å². The van der Waals surface area contributed by atoms with Crippen molar-refractivity contribution < 1.29 is 4.74 Å². The maximum atomic E-state index is 5.40. The van der Waals surface area contributed by atoms with Crippen LogP contribution in [0.5, 0.6) is 0 Å². The van der Waals surface area contributed by atoms with Gasteiger partial charge in [-0.3, -0.25) is 9.80 Å². The van der Waals surface area contributed by atoms with Crippen molar-refractivity contribution in [1.82, 2.24) is 9.80 Å². The Morgan fingerprint density at radius 2 is 1.73 bits per heavy atom. The van der Waals surface area contributed by atoms with Crippen LogP contribution in [0.1, 0.15) is 27.2 Å². The van der Waals surface area contributed by atoms with Gasteiger partial charge in [-0.1, -0.05) is 0 Å². The molecule has 0 aromatic rings. The molecular formula is C12H24N2O. The molecule has 2 fully saturated rings. The standard InChI is InChI=1S/C12H24N2O/c1-12(2,3)14-5-4-11(10-14)13-6-8-15-9-7-13/h11H,4-10H2,1-3H3/t11-/m0/s1. The third-order valence-electron chi connectivity index (χ3n) is 3.67. The monoisotopic (exact) mass is 212 g/mol. The van der Waals surface area contributed by atoms with Crippen molar-refractivity contribution in [3.63, 3.8) is 0 Å². The van der Waals surface area contributed by atoms with Gasteiger partial charge in [-0.05, 0) is 27.2 Å². The largest absolute Gasteiger partial charge is 0.379 e. The Balaban J connectivity index is 1.86. The zero-order valence-electron chi connectivity index (χ0n) is 10.3. The molecule has 3 heteroatoms. The molecule has 15 heavy (non-hydrogen) atoms. The summed E-state index contributed by atoms with van der Waals surface area (Å²) in [5.41, 5.74) is 0.334. The highest BCUT2D eigenvalue weighted by molar-refractivity contribution is 4.89. The molecule has 2 saturated heterocycles. The number of likely N-dealkylation sites (tertiary alicyclic amines) is 1. The number of rotatable bonds is 1. The maximum Gasteiger partial charge on any atom is 0.0594 e. The lowest BCUT2D eigenvalue weighted by atomic mass is 10.1. The van der Waals surface area contributed by atoms with Crippen LogP contribution in [0.3, 0.4) is 0 Å². The normalized spacial score (nSPS) is 31.0. The quantitative estimate of drug-likeness (QED) is 0.649. The van der Waals surface area contributed by atoms with Gasteiger partial charge in [-0.15, -0.1) is 0 Å². The highest BCUT2D eigenvalue weighted by atomic mass is 16.5. The smallest absolute Gasteiger partial charge is 0.0594 e. The molecule has 0 amide bonds. The van der Waals surface area contributed by atoms with E-state index in [9.17, 15) is 0 Å². The molecule has 0 aliphatic carbocycles. The first-order valence-corrected chi connectivity index (χ1v) is 6.14. The summed E-state index contributed by atoms with van der Waals surface area (Å²) < 4.78 is 5.40. The zero-order valence-corrected chi connectivity index (χ0v) is 10.3. The lowest BCUT2D eigenvalue weighted by Crippen LogP contribution is -2.47. The highest BCUT2D eigenvalue weighted by Crippen LogP contribution is 2.23. The molecule has 88 valence electrons. The van der Waals surface area contributed by atoms with Gasteiger partial charge in [0.05, 0.1) is 13.2 Å². The lowest BCUT2D eigenvalue weighted by molar-refractivity contribution is 0.0163. The fourth-order valence-electron chi connectivity index (χ4n) is 2.59. The second kappa shape index (κ2) is 4.40. The van der Waals surface area contributed by atoms with Gasteiger partial charge in [0, 0.05) is 37.8 Å². The average molecular weight is 212 g/mol. The third kappa shape index (κ3) is 2.71. The minimum Gasteiger partial charge on any atom is -0.379 e. The first-order chi connectivity index (χ1) is 7.07. The van der Waals surface area contributed by atoms with E-state index in [1.807, 2.05) is 0 Å². The van der Waals surface area contributed by atoms with E-state index in [2.05, 4.69) is 30.6 Å². The molecular weight excluding hydrogens is 188 g/mol. The Bertz CT molecular complexity index is 206. The van der Waals surface area contributed by atoms with Gasteiger partial charge in [0.25, 0.3) is 0 Å². The number of hydrogen-bond acceptors (Lipinski definition) is 3. The van der Waals surface area contributed by atoms with Gasteiger partial charge in [0.1, 0.15) is 0 Å². The molecule has 0 unspecified atom stereocenters. The summed E-state index contributed by atoms with van der Waals surface area (Å²) in [6, 6.07) is 0.771. The van der Waals surface area contributed by atoms with Crippen LogP contribution in [0.25, 0.3) is 0 Å². The lowest BCUT2D eigenvalue weighted by Gasteiger charge is -2.35. The van der Waals surface area contributed by atoms with Crippen LogP contribution < -0.4 is 0 Å². The minimum absolute atomic E-state index is 0.334. The number of nitrogens with zero attached hydrogens (tertiary/aromatic N) is 2. The van der Waals surface area contributed by atoms with Crippen molar-refractivity contribution in [2.24, 2.45) is 0 Å². The second-order valence-electron chi connectivity index (χ2n) is 5.71. The molecule has 2 aliphatic rings. The molecule has 0 N–H and O–H groups in total. The Morgan fingerprint density at radius 1 is 1.07 bits per heavy atom.